The number of hydrogen-bond acceptors (Lipinski definition) is 3. The Bertz CT molecular complexity index is 532. The van der Waals surface area contributed by atoms with Gasteiger partial charge in [-0.3, -0.25) is 4.98 Å². The van der Waals surface area contributed by atoms with Crippen LogP contribution in [0.1, 0.15) is 0 Å². The fourth-order valence-corrected chi connectivity index (χ4v) is 1.46. The molecule has 0 saturated carbocycles. The molecule has 2 aromatic rings. The lowest BCUT2D eigenvalue weighted by Crippen LogP contribution is -1.85. The lowest BCUT2D eigenvalue weighted by atomic mass is 10.1. The molecule has 0 amide bonds. The van der Waals surface area contributed by atoms with Gasteiger partial charge in [0, 0.05) is 6.20 Å². The van der Waals surface area contributed by atoms with Crippen LogP contribution in [0.15, 0.2) is 42.6 Å². The molecule has 0 aliphatic carbocycles. The summed E-state index contributed by atoms with van der Waals surface area (Å²) in [6.07, 6.45) is 1.70. The van der Waals surface area contributed by atoms with Crippen LogP contribution in [0.25, 0.3) is 16.2 Å². The summed E-state index contributed by atoms with van der Waals surface area (Å²) in [6.45, 7) is 0. The molecular formula is C12H10N3O+. The summed E-state index contributed by atoms with van der Waals surface area (Å²) >= 11 is 0. The Kier molecular flexibility index (Phi) is 2.79. The van der Waals surface area contributed by atoms with Crippen LogP contribution in [0.3, 0.4) is 0 Å². The summed E-state index contributed by atoms with van der Waals surface area (Å²) in [5.74, 6) is 0.646. The van der Waals surface area contributed by atoms with E-state index in [1.165, 1.54) is 0 Å². The summed E-state index contributed by atoms with van der Waals surface area (Å²) in [7, 11) is 1.57. The summed E-state index contributed by atoms with van der Waals surface area (Å²) in [6, 6.07) is 10.9. The highest BCUT2D eigenvalue weighted by Crippen LogP contribution is 2.32. The number of ether oxygens (including phenoxy) is 1. The molecule has 0 unspecified atom stereocenters. The molecule has 0 spiro atoms. The van der Waals surface area contributed by atoms with E-state index in [-0.39, 0.29) is 0 Å². The van der Waals surface area contributed by atoms with Gasteiger partial charge in [0.1, 0.15) is 5.75 Å². The Balaban J connectivity index is 2.54. The second kappa shape index (κ2) is 4.41. The molecule has 0 N–H and O–H groups in total. The second-order valence-electron chi connectivity index (χ2n) is 3.20. The van der Waals surface area contributed by atoms with E-state index in [1.54, 1.807) is 25.4 Å². The minimum atomic E-state index is 0.443. The molecule has 0 radical (unpaired) electrons. The number of diazo groups is 1. The van der Waals surface area contributed by atoms with Gasteiger partial charge in [0.25, 0.3) is 0 Å². The van der Waals surface area contributed by atoms with E-state index < -0.39 is 0 Å². The Hall–Kier alpha value is -2.41. The molecule has 1 aromatic heterocycles. The van der Waals surface area contributed by atoms with Crippen molar-refractivity contribution in [2.24, 2.45) is 0 Å². The van der Waals surface area contributed by atoms with E-state index in [1.807, 2.05) is 24.3 Å². The molecule has 1 heterocycles. The molecule has 0 aliphatic rings. The maximum Gasteiger partial charge on any atom is 0.398 e. The van der Waals surface area contributed by atoms with Crippen LogP contribution in [0.2, 0.25) is 0 Å². The first-order chi connectivity index (χ1) is 7.85. The van der Waals surface area contributed by atoms with Crippen molar-refractivity contribution in [2.75, 3.05) is 7.11 Å². The molecule has 0 saturated heterocycles. The Morgan fingerprint density at radius 3 is 2.75 bits per heavy atom. The fraction of sp³-hybridized carbons (Fsp3) is 0.0833. The number of methoxy groups -OCH3 is 1. The summed E-state index contributed by atoms with van der Waals surface area (Å²) in [5, 5.41) is 8.94. The largest absolute Gasteiger partial charge is 0.496 e. The van der Waals surface area contributed by atoms with Gasteiger partial charge >= 0.3 is 5.69 Å². The highest BCUT2D eigenvalue weighted by molar-refractivity contribution is 5.77. The van der Waals surface area contributed by atoms with E-state index in [9.17, 15) is 0 Å². The second-order valence-corrected chi connectivity index (χ2v) is 3.20. The average Bonchev–Trinajstić information content (AvgIpc) is 2.39. The van der Waals surface area contributed by atoms with Crippen LogP contribution in [-0.2, 0) is 0 Å². The quantitative estimate of drug-likeness (QED) is 0.718. The van der Waals surface area contributed by atoms with Crippen molar-refractivity contribution in [2.45, 2.75) is 0 Å². The first-order valence-electron chi connectivity index (χ1n) is 4.79. The zero-order chi connectivity index (χ0) is 11.4. The van der Waals surface area contributed by atoms with E-state index in [2.05, 4.69) is 9.96 Å². The summed E-state index contributed by atoms with van der Waals surface area (Å²) < 4.78 is 5.06. The van der Waals surface area contributed by atoms with Gasteiger partial charge in [-0.05, 0) is 24.3 Å². The van der Waals surface area contributed by atoms with Crippen molar-refractivity contribution in [3.05, 3.63) is 47.6 Å². The summed E-state index contributed by atoms with van der Waals surface area (Å²) in [4.78, 5) is 7.44. The van der Waals surface area contributed by atoms with Crippen molar-refractivity contribution in [3.63, 3.8) is 0 Å². The Labute approximate surface area is 93.1 Å². The number of rotatable bonds is 2. The highest BCUT2D eigenvalue weighted by atomic mass is 16.5. The first kappa shape index (κ1) is 10.1. The molecule has 0 atom stereocenters. The maximum atomic E-state index is 8.94. The lowest BCUT2D eigenvalue weighted by Gasteiger charge is -2.00. The zero-order valence-electron chi connectivity index (χ0n) is 8.79. The third kappa shape index (κ3) is 1.84. The smallest absolute Gasteiger partial charge is 0.398 e. The van der Waals surface area contributed by atoms with Crippen LogP contribution in [-0.4, -0.2) is 12.1 Å². The SMILES string of the molecule is COc1ccc(-c2ccccn2)c([N+]#N)c1. The maximum absolute atomic E-state index is 8.94. The molecule has 1 aromatic carbocycles. The van der Waals surface area contributed by atoms with Crippen LogP contribution in [0, 0.1) is 5.39 Å². The molecular weight excluding hydrogens is 202 g/mol. The number of hydrogen-bond donors (Lipinski definition) is 0. The summed E-state index contributed by atoms with van der Waals surface area (Å²) in [5.41, 5.74) is 1.97. The van der Waals surface area contributed by atoms with Crippen molar-refractivity contribution >= 4 is 5.69 Å². The predicted octanol–water partition coefficient (Wildman–Crippen LogP) is 3.24. The molecule has 0 aliphatic heterocycles. The molecule has 78 valence electrons. The van der Waals surface area contributed by atoms with Gasteiger partial charge in [-0.1, -0.05) is 6.07 Å². The van der Waals surface area contributed by atoms with Crippen LogP contribution in [0.4, 0.5) is 5.69 Å². The third-order valence-corrected chi connectivity index (χ3v) is 2.25. The minimum Gasteiger partial charge on any atom is -0.496 e. The number of benzene rings is 1. The van der Waals surface area contributed by atoms with Crippen LogP contribution >= 0.6 is 0 Å². The highest BCUT2D eigenvalue weighted by Gasteiger charge is 2.17. The normalized spacial score (nSPS) is 9.50. The monoisotopic (exact) mass is 212 g/mol. The van der Waals surface area contributed by atoms with Crippen LogP contribution < -0.4 is 4.74 Å². The zero-order valence-corrected chi connectivity index (χ0v) is 8.79. The van der Waals surface area contributed by atoms with Crippen molar-refractivity contribution in [3.8, 4) is 17.0 Å². The van der Waals surface area contributed by atoms with Gasteiger partial charge < -0.3 is 4.74 Å². The van der Waals surface area contributed by atoms with Crippen molar-refractivity contribution < 1.29 is 4.74 Å². The van der Waals surface area contributed by atoms with Gasteiger partial charge in [0.2, 0.25) is 5.39 Å². The van der Waals surface area contributed by atoms with E-state index >= 15 is 0 Å². The molecule has 2 rings (SSSR count). The minimum absolute atomic E-state index is 0.443. The topological polar surface area (TPSA) is 50.3 Å². The molecule has 0 fully saturated rings. The van der Waals surface area contributed by atoms with Gasteiger partial charge in [-0.2, -0.15) is 0 Å². The predicted molar refractivity (Wildman–Crippen MR) is 61.0 cm³/mol. The van der Waals surface area contributed by atoms with E-state index in [4.69, 9.17) is 10.1 Å². The standard InChI is InChI=1S/C12H10N3O/c1-16-9-5-6-10(12(8-9)15-13)11-4-2-3-7-14-11/h2-8H,1H3/q+1. The third-order valence-electron chi connectivity index (χ3n) is 2.25. The number of nitrogens with zero attached hydrogens (tertiary/aromatic N) is 3. The van der Waals surface area contributed by atoms with Crippen LogP contribution in [0.5, 0.6) is 5.75 Å². The fourth-order valence-electron chi connectivity index (χ4n) is 1.46. The van der Waals surface area contributed by atoms with Gasteiger partial charge in [0.05, 0.1) is 24.4 Å². The van der Waals surface area contributed by atoms with Crippen molar-refractivity contribution in [1.29, 1.82) is 5.39 Å². The molecule has 16 heavy (non-hydrogen) atoms. The average molecular weight is 212 g/mol. The lowest BCUT2D eigenvalue weighted by molar-refractivity contribution is 0.415. The van der Waals surface area contributed by atoms with Gasteiger partial charge in [-0.25, -0.2) is 0 Å². The first-order valence-corrected chi connectivity index (χ1v) is 4.79. The molecule has 4 nitrogen and oxygen atoms in total. The van der Waals surface area contributed by atoms with Gasteiger partial charge in [0.15, 0.2) is 4.98 Å². The van der Waals surface area contributed by atoms with E-state index in [0.717, 1.165) is 11.3 Å². The Morgan fingerprint density at radius 1 is 1.25 bits per heavy atom. The molecule has 4 heteroatoms. The Morgan fingerprint density at radius 2 is 2.12 bits per heavy atom. The number of aromatic nitrogens is 1. The van der Waals surface area contributed by atoms with E-state index in [0.29, 0.717) is 11.4 Å². The van der Waals surface area contributed by atoms with Gasteiger partial charge in [-0.15, -0.1) is 0 Å². The molecule has 0 bridgehead atoms. The van der Waals surface area contributed by atoms with Crippen molar-refractivity contribution in [1.82, 2.24) is 4.98 Å². The number of pyridine rings is 1.